The van der Waals surface area contributed by atoms with Crippen molar-refractivity contribution in [2.75, 3.05) is 11.1 Å². The van der Waals surface area contributed by atoms with Crippen molar-refractivity contribution in [2.24, 2.45) is 0 Å². The molecule has 1 amide bonds. The molecule has 172 valence electrons. The lowest BCUT2D eigenvalue weighted by atomic mass is 10.1. The van der Waals surface area contributed by atoms with Gasteiger partial charge in [0.2, 0.25) is 5.95 Å². The van der Waals surface area contributed by atoms with Crippen LogP contribution in [0.25, 0.3) is 10.9 Å². The maximum atomic E-state index is 12.3. The Kier molecular flexibility index (Phi) is 7.13. The highest BCUT2D eigenvalue weighted by molar-refractivity contribution is 6.36. The van der Waals surface area contributed by atoms with E-state index in [-0.39, 0.29) is 41.3 Å². The lowest BCUT2D eigenvalue weighted by Gasteiger charge is -2.14. The van der Waals surface area contributed by atoms with E-state index in [0.717, 1.165) is 0 Å². The van der Waals surface area contributed by atoms with Gasteiger partial charge in [0.05, 0.1) is 15.9 Å². The minimum Gasteiger partial charge on any atom is -0.481 e. The summed E-state index contributed by atoms with van der Waals surface area (Å²) < 4.78 is 0. The van der Waals surface area contributed by atoms with Gasteiger partial charge < -0.3 is 26.6 Å². The Morgan fingerprint density at radius 2 is 1.82 bits per heavy atom. The van der Waals surface area contributed by atoms with Gasteiger partial charge in [-0.25, -0.2) is 9.78 Å². The molecule has 33 heavy (non-hydrogen) atoms. The van der Waals surface area contributed by atoms with E-state index >= 15 is 0 Å². The van der Waals surface area contributed by atoms with Crippen molar-refractivity contribution in [3.8, 4) is 0 Å². The fourth-order valence-corrected chi connectivity index (χ4v) is 3.41. The highest BCUT2D eigenvalue weighted by Gasteiger charge is 2.21. The van der Waals surface area contributed by atoms with Crippen LogP contribution >= 0.6 is 11.6 Å². The SMILES string of the molecule is Nc1nc2ccc(CNc3ccc(C(=O)NC(CCC(=O)O)C(=O)O)cc3)c(Cl)c2c(=O)[nH]1. The van der Waals surface area contributed by atoms with E-state index in [9.17, 15) is 19.2 Å². The highest BCUT2D eigenvalue weighted by Crippen LogP contribution is 2.25. The number of benzene rings is 2. The van der Waals surface area contributed by atoms with Gasteiger partial charge in [0, 0.05) is 24.2 Å². The van der Waals surface area contributed by atoms with Gasteiger partial charge in [-0.3, -0.25) is 19.4 Å². The average molecular weight is 474 g/mol. The summed E-state index contributed by atoms with van der Waals surface area (Å²) in [5.74, 6) is -3.10. The maximum Gasteiger partial charge on any atom is 0.326 e. The number of carbonyl (C=O) groups is 3. The monoisotopic (exact) mass is 473 g/mol. The Morgan fingerprint density at radius 1 is 1.12 bits per heavy atom. The second kappa shape index (κ2) is 10.0. The topological polar surface area (TPSA) is 187 Å². The zero-order valence-corrected chi connectivity index (χ0v) is 17.8. The first kappa shape index (κ1) is 23.5. The van der Waals surface area contributed by atoms with Gasteiger partial charge in [-0.2, -0.15) is 0 Å². The van der Waals surface area contributed by atoms with E-state index in [1.807, 2.05) is 0 Å². The molecule has 12 heteroatoms. The number of nitrogen functional groups attached to an aromatic ring is 1. The Morgan fingerprint density at radius 3 is 2.45 bits per heavy atom. The molecule has 7 N–H and O–H groups in total. The molecule has 0 aliphatic heterocycles. The van der Waals surface area contributed by atoms with Crippen LogP contribution in [0.15, 0.2) is 41.2 Å². The van der Waals surface area contributed by atoms with Crippen LogP contribution in [0.1, 0.15) is 28.8 Å². The Hall–Kier alpha value is -4.12. The smallest absolute Gasteiger partial charge is 0.326 e. The molecule has 0 saturated heterocycles. The van der Waals surface area contributed by atoms with Gasteiger partial charge in [-0.1, -0.05) is 17.7 Å². The summed E-state index contributed by atoms with van der Waals surface area (Å²) in [6, 6.07) is 8.27. The molecule has 0 radical (unpaired) electrons. The number of H-pyrrole nitrogens is 1. The number of carboxylic acid groups (broad SMARTS) is 2. The molecule has 0 fully saturated rings. The quantitative estimate of drug-likeness (QED) is 0.269. The lowest BCUT2D eigenvalue weighted by molar-refractivity contribution is -0.140. The van der Waals surface area contributed by atoms with Gasteiger partial charge in [-0.15, -0.1) is 0 Å². The predicted octanol–water partition coefficient (Wildman–Crippen LogP) is 1.82. The number of carboxylic acids is 2. The standard InChI is InChI=1S/C21H20ClN5O6/c22-17-11(3-6-13-16(17)19(31)27-21(23)26-13)9-24-12-4-1-10(2-5-12)18(30)25-14(20(32)33)7-8-15(28)29/h1-6,14,24H,7-9H2,(H,25,30)(H,28,29)(H,32,33)(H3,23,26,27,31). The van der Waals surface area contributed by atoms with E-state index in [2.05, 4.69) is 20.6 Å². The fraction of sp³-hybridized carbons (Fsp3) is 0.190. The number of hydrogen-bond donors (Lipinski definition) is 6. The molecule has 1 heterocycles. The van der Waals surface area contributed by atoms with Gasteiger partial charge in [0.25, 0.3) is 11.5 Å². The number of nitrogens with zero attached hydrogens (tertiary/aromatic N) is 1. The number of aromatic amines is 1. The second-order valence-electron chi connectivity index (χ2n) is 7.11. The number of nitrogens with two attached hydrogens (primary N) is 1. The van der Waals surface area contributed by atoms with Gasteiger partial charge >= 0.3 is 11.9 Å². The number of amides is 1. The maximum absolute atomic E-state index is 12.3. The molecule has 3 aromatic rings. The van der Waals surface area contributed by atoms with Crippen molar-refractivity contribution in [3.63, 3.8) is 0 Å². The summed E-state index contributed by atoms with van der Waals surface area (Å²) in [6.07, 6.45) is -0.611. The largest absolute Gasteiger partial charge is 0.481 e. The average Bonchev–Trinajstić information content (AvgIpc) is 2.75. The highest BCUT2D eigenvalue weighted by atomic mass is 35.5. The van der Waals surface area contributed by atoms with E-state index in [4.69, 9.17) is 27.5 Å². The molecule has 2 aromatic carbocycles. The van der Waals surface area contributed by atoms with Crippen LogP contribution in [-0.4, -0.2) is 44.1 Å². The molecule has 0 spiro atoms. The van der Waals surface area contributed by atoms with Gasteiger partial charge in [-0.05, 0) is 42.3 Å². The normalized spacial score (nSPS) is 11.7. The summed E-state index contributed by atoms with van der Waals surface area (Å²) >= 11 is 6.37. The van der Waals surface area contributed by atoms with Crippen molar-refractivity contribution in [3.05, 3.63) is 62.9 Å². The third-order valence-corrected chi connectivity index (χ3v) is 5.22. The molecule has 0 saturated carbocycles. The number of nitrogens with one attached hydrogen (secondary N) is 3. The summed E-state index contributed by atoms with van der Waals surface area (Å²) in [4.78, 5) is 52.8. The third kappa shape index (κ3) is 5.77. The van der Waals surface area contributed by atoms with Crippen LogP contribution in [0, 0.1) is 0 Å². The molecule has 11 nitrogen and oxygen atoms in total. The van der Waals surface area contributed by atoms with Crippen molar-refractivity contribution >= 4 is 52.0 Å². The van der Waals surface area contributed by atoms with Crippen molar-refractivity contribution in [1.29, 1.82) is 0 Å². The fourth-order valence-electron chi connectivity index (χ4n) is 3.09. The van der Waals surface area contributed by atoms with Gasteiger partial charge in [0.15, 0.2) is 0 Å². The zero-order valence-electron chi connectivity index (χ0n) is 17.1. The zero-order chi connectivity index (χ0) is 24.1. The molecular weight excluding hydrogens is 454 g/mol. The molecule has 0 bridgehead atoms. The van der Waals surface area contributed by atoms with E-state index in [0.29, 0.717) is 16.8 Å². The van der Waals surface area contributed by atoms with E-state index in [1.54, 1.807) is 24.3 Å². The first-order valence-corrected chi connectivity index (χ1v) is 10.1. The van der Waals surface area contributed by atoms with Crippen LogP contribution in [0.2, 0.25) is 5.02 Å². The van der Waals surface area contributed by atoms with Crippen molar-refractivity contribution in [1.82, 2.24) is 15.3 Å². The number of aliphatic carboxylic acids is 2. The lowest BCUT2D eigenvalue weighted by Crippen LogP contribution is -2.41. The Balaban J connectivity index is 1.67. The summed E-state index contributed by atoms with van der Waals surface area (Å²) in [5, 5.41) is 23.8. The number of hydrogen-bond acceptors (Lipinski definition) is 7. The number of rotatable bonds is 9. The molecule has 0 aliphatic rings. The molecule has 1 atom stereocenters. The van der Waals surface area contributed by atoms with E-state index < -0.39 is 29.4 Å². The summed E-state index contributed by atoms with van der Waals surface area (Å²) in [6.45, 7) is 0.278. The number of halogens is 1. The number of carbonyl (C=O) groups excluding carboxylic acids is 1. The molecular formula is C21H20ClN5O6. The molecule has 1 unspecified atom stereocenters. The number of anilines is 2. The van der Waals surface area contributed by atoms with Crippen molar-refractivity contribution < 1.29 is 24.6 Å². The van der Waals surface area contributed by atoms with Crippen molar-refractivity contribution in [2.45, 2.75) is 25.4 Å². The molecule has 3 rings (SSSR count). The third-order valence-electron chi connectivity index (χ3n) is 4.79. The van der Waals surface area contributed by atoms with E-state index in [1.165, 1.54) is 12.1 Å². The van der Waals surface area contributed by atoms with Crippen LogP contribution in [0.4, 0.5) is 11.6 Å². The first-order valence-electron chi connectivity index (χ1n) is 9.72. The van der Waals surface area contributed by atoms with Crippen LogP contribution in [-0.2, 0) is 16.1 Å². The Labute approximate surface area is 191 Å². The summed E-state index contributed by atoms with van der Waals surface area (Å²) in [5.41, 5.74) is 6.98. The second-order valence-corrected chi connectivity index (χ2v) is 7.49. The summed E-state index contributed by atoms with van der Waals surface area (Å²) in [7, 11) is 0. The number of aromatic nitrogens is 2. The minimum atomic E-state index is -1.31. The molecule has 0 aliphatic carbocycles. The Bertz CT molecular complexity index is 1270. The predicted molar refractivity (Wildman–Crippen MR) is 121 cm³/mol. The van der Waals surface area contributed by atoms with Crippen LogP contribution in [0.3, 0.4) is 0 Å². The van der Waals surface area contributed by atoms with Crippen LogP contribution < -0.4 is 21.9 Å². The minimum absolute atomic E-state index is 0.00451. The molecule has 1 aromatic heterocycles. The van der Waals surface area contributed by atoms with Crippen LogP contribution in [0.5, 0.6) is 0 Å². The van der Waals surface area contributed by atoms with Gasteiger partial charge in [0.1, 0.15) is 6.04 Å². The first-order chi connectivity index (χ1) is 15.7. The number of fused-ring (bicyclic) bond motifs is 1.